The molecule has 0 aromatic carbocycles. The molecule has 4 fully saturated rings. The van der Waals surface area contributed by atoms with E-state index in [-0.39, 0.29) is 5.41 Å². The van der Waals surface area contributed by atoms with Gasteiger partial charge in [-0.15, -0.1) is 13.2 Å². The smallest absolute Gasteiger partial charge is 0.0648 e. The molecule has 4 rings (SSSR count). The predicted octanol–water partition coefficient (Wildman–Crippen LogP) is 7.83. The molecule has 32 heavy (non-hydrogen) atoms. The lowest BCUT2D eigenvalue weighted by atomic mass is 9.43. The van der Waals surface area contributed by atoms with E-state index in [1.54, 1.807) is 0 Å². The Hall–Kier alpha value is -0.600. The molecule has 0 heterocycles. The van der Waals surface area contributed by atoms with Gasteiger partial charge in [0, 0.05) is 5.41 Å². The van der Waals surface area contributed by atoms with Crippen LogP contribution in [0.1, 0.15) is 91.9 Å². The average molecular weight is 443 g/mol. The van der Waals surface area contributed by atoms with Crippen LogP contribution in [0.25, 0.3) is 0 Å². The minimum atomic E-state index is 0.256. The van der Waals surface area contributed by atoms with Gasteiger partial charge in [-0.3, -0.25) is 0 Å². The highest BCUT2D eigenvalue weighted by atomic mass is 16.5. The predicted molar refractivity (Wildman–Crippen MR) is 135 cm³/mol. The zero-order valence-corrected chi connectivity index (χ0v) is 21.5. The standard InChI is InChI=1S/C30H50O2/c1-7-12-21(4)23-14-15-24-28-25(20-27(30(23,24)6)32-18-9-3)29(5)16-11-10-13-22(29)19-26(28)31-17-8-2/h8-9,21-28H,2-3,7,10-20H2,1,4-6H3/t21-,22+,23-,24+,25+,26-,27+,28+,29+,30-/m1/s1. The summed E-state index contributed by atoms with van der Waals surface area (Å²) in [6, 6.07) is 0. The maximum atomic E-state index is 6.72. The van der Waals surface area contributed by atoms with Gasteiger partial charge in [0.15, 0.2) is 0 Å². The van der Waals surface area contributed by atoms with Gasteiger partial charge in [0.1, 0.15) is 0 Å². The first kappa shape index (κ1) is 24.5. The van der Waals surface area contributed by atoms with Crippen LogP contribution < -0.4 is 0 Å². The number of rotatable bonds is 9. The Kier molecular flexibility index (Phi) is 7.62. The van der Waals surface area contributed by atoms with Crippen LogP contribution in [-0.2, 0) is 9.47 Å². The first-order valence-electron chi connectivity index (χ1n) is 13.9. The van der Waals surface area contributed by atoms with Gasteiger partial charge >= 0.3 is 0 Å². The van der Waals surface area contributed by atoms with E-state index in [0.717, 1.165) is 29.6 Å². The summed E-state index contributed by atoms with van der Waals surface area (Å²) in [4.78, 5) is 0. The number of hydrogen-bond donors (Lipinski definition) is 0. The molecule has 4 aliphatic rings. The third-order valence-corrected chi connectivity index (χ3v) is 11.0. The van der Waals surface area contributed by atoms with Crippen molar-refractivity contribution in [3.63, 3.8) is 0 Å². The largest absolute Gasteiger partial charge is 0.374 e. The molecular weight excluding hydrogens is 392 g/mol. The Morgan fingerprint density at radius 3 is 2.44 bits per heavy atom. The Morgan fingerprint density at radius 1 is 0.969 bits per heavy atom. The van der Waals surface area contributed by atoms with E-state index in [2.05, 4.69) is 40.9 Å². The molecule has 0 aliphatic heterocycles. The van der Waals surface area contributed by atoms with E-state index in [9.17, 15) is 0 Å². The second-order valence-corrected chi connectivity index (χ2v) is 12.3. The third kappa shape index (κ3) is 3.96. The van der Waals surface area contributed by atoms with E-state index in [0.29, 0.717) is 36.8 Å². The van der Waals surface area contributed by atoms with Crippen molar-refractivity contribution >= 4 is 0 Å². The Bertz CT molecular complexity index is 657. The van der Waals surface area contributed by atoms with Gasteiger partial charge < -0.3 is 9.47 Å². The molecule has 0 unspecified atom stereocenters. The van der Waals surface area contributed by atoms with E-state index in [1.165, 1.54) is 64.2 Å². The highest BCUT2D eigenvalue weighted by Crippen LogP contribution is 2.69. The maximum absolute atomic E-state index is 6.72. The molecule has 0 aromatic heterocycles. The van der Waals surface area contributed by atoms with Crippen LogP contribution in [0, 0.1) is 46.3 Å². The van der Waals surface area contributed by atoms with E-state index in [1.807, 2.05) is 12.2 Å². The second-order valence-electron chi connectivity index (χ2n) is 12.3. The molecule has 0 radical (unpaired) electrons. The minimum Gasteiger partial charge on any atom is -0.374 e. The summed E-state index contributed by atoms with van der Waals surface area (Å²) in [6.45, 7) is 19.5. The lowest BCUT2D eigenvalue weighted by molar-refractivity contribution is -0.217. The molecule has 182 valence electrons. The quantitative estimate of drug-likeness (QED) is 0.339. The first-order valence-corrected chi connectivity index (χ1v) is 13.9. The van der Waals surface area contributed by atoms with Crippen LogP contribution in [0.5, 0.6) is 0 Å². The maximum Gasteiger partial charge on any atom is 0.0648 e. The van der Waals surface area contributed by atoms with Crippen molar-refractivity contribution in [1.82, 2.24) is 0 Å². The van der Waals surface area contributed by atoms with Crippen LogP contribution in [0.2, 0.25) is 0 Å². The average Bonchev–Trinajstić information content (AvgIpc) is 3.14. The summed E-state index contributed by atoms with van der Waals surface area (Å²) in [6.07, 6.45) is 18.1. The fourth-order valence-corrected chi connectivity index (χ4v) is 9.59. The summed E-state index contributed by atoms with van der Waals surface area (Å²) in [7, 11) is 0. The van der Waals surface area contributed by atoms with Gasteiger partial charge in [-0.25, -0.2) is 0 Å². The lowest BCUT2D eigenvalue weighted by Crippen LogP contribution is -2.62. The summed E-state index contributed by atoms with van der Waals surface area (Å²) in [5.74, 6) is 4.48. The van der Waals surface area contributed by atoms with Crippen LogP contribution in [0.4, 0.5) is 0 Å². The number of fused-ring (bicyclic) bond motifs is 5. The van der Waals surface area contributed by atoms with Gasteiger partial charge in [-0.2, -0.15) is 0 Å². The third-order valence-electron chi connectivity index (χ3n) is 11.0. The van der Waals surface area contributed by atoms with Gasteiger partial charge in [0.05, 0.1) is 25.4 Å². The normalized spacial score (nSPS) is 46.6. The molecular formula is C30H50O2. The molecule has 0 aromatic rings. The van der Waals surface area contributed by atoms with Crippen LogP contribution in [-0.4, -0.2) is 25.4 Å². The Morgan fingerprint density at radius 2 is 1.72 bits per heavy atom. The van der Waals surface area contributed by atoms with Crippen molar-refractivity contribution in [2.24, 2.45) is 46.3 Å². The zero-order valence-electron chi connectivity index (χ0n) is 21.5. The lowest BCUT2D eigenvalue weighted by Gasteiger charge is -2.64. The SMILES string of the molecule is C=CCO[C@H]1C[C@H]2[C@@H]([C@H](OCC=C)C[C@@H]3CCCC[C@@]32C)[C@@H]2CC[C@H]([C@H](C)CCC)[C@@]12C. The van der Waals surface area contributed by atoms with Gasteiger partial charge in [0.2, 0.25) is 0 Å². The molecule has 4 aliphatic carbocycles. The number of ether oxygens (including phenoxy) is 2. The molecule has 0 saturated heterocycles. The molecule has 0 spiro atoms. The summed E-state index contributed by atoms with van der Waals surface area (Å²) in [5, 5.41) is 0. The molecule has 2 heteroatoms. The highest BCUT2D eigenvalue weighted by Gasteiger charge is 2.66. The van der Waals surface area contributed by atoms with E-state index < -0.39 is 0 Å². The van der Waals surface area contributed by atoms with Crippen molar-refractivity contribution < 1.29 is 9.47 Å². The van der Waals surface area contributed by atoms with Gasteiger partial charge in [0.25, 0.3) is 0 Å². The summed E-state index contributed by atoms with van der Waals surface area (Å²) >= 11 is 0. The molecule has 4 saturated carbocycles. The highest BCUT2D eigenvalue weighted by molar-refractivity contribution is 5.14. The van der Waals surface area contributed by atoms with Crippen molar-refractivity contribution in [1.29, 1.82) is 0 Å². The summed E-state index contributed by atoms with van der Waals surface area (Å²) in [5.41, 5.74) is 0.716. The Balaban J connectivity index is 1.73. The first-order chi connectivity index (χ1) is 15.4. The summed E-state index contributed by atoms with van der Waals surface area (Å²) < 4.78 is 13.4. The van der Waals surface area contributed by atoms with Crippen LogP contribution >= 0.6 is 0 Å². The molecule has 10 atom stereocenters. The molecule has 0 amide bonds. The van der Waals surface area contributed by atoms with Crippen molar-refractivity contribution in [3.8, 4) is 0 Å². The fraction of sp³-hybridized carbons (Fsp3) is 0.867. The fourth-order valence-electron chi connectivity index (χ4n) is 9.59. The molecule has 2 nitrogen and oxygen atoms in total. The zero-order chi connectivity index (χ0) is 22.9. The minimum absolute atomic E-state index is 0.256. The Labute approximate surface area is 198 Å². The number of hydrogen-bond acceptors (Lipinski definition) is 2. The van der Waals surface area contributed by atoms with Gasteiger partial charge in [-0.1, -0.05) is 65.5 Å². The van der Waals surface area contributed by atoms with Gasteiger partial charge in [-0.05, 0) is 79.4 Å². The monoisotopic (exact) mass is 442 g/mol. The van der Waals surface area contributed by atoms with Crippen LogP contribution in [0.3, 0.4) is 0 Å². The topological polar surface area (TPSA) is 18.5 Å². The van der Waals surface area contributed by atoms with E-state index in [4.69, 9.17) is 9.47 Å². The van der Waals surface area contributed by atoms with Crippen molar-refractivity contribution in [3.05, 3.63) is 25.3 Å². The van der Waals surface area contributed by atoms with Crippen molar-refractivity contribution in [2.45, 2.75) is 104 Å². The molecule has 0 bridgehead atoms. The van der Waals surface area contributed by atoms with E-state index >= 15 is 0 Å². The van der Waals surface area contributed by atoms with Crippen LogP contribution in [0.15, 0.2) is 25.3 Å². The molecule has 0 N–H and O–H groups in total. The van der Waals surface area contributed by atoms with Crippen molar-refractivity contribution in [2.75, 3.05) is 13.2 Å². The second kappa shape index (κ2) is 9.95.